The standard InChI is InChI=1S/C17H34N2/c1-5-15-7-8-17(14(15)4)19-10-6-9-18-16(12-19)11-13(2)3/h13-18H,5-12H2,1-4H3. The predicted molar refractivity (Wildman–Crippen MR) is 83.4 cm³/mol. The highest BCUT2D eigenvalue weighted by Gasteiger charge is 2.36. The Balaban J connectivity index is 1.94. The van der Waals surface area contributed by atoms with Crippen molar-refractivity contribution in [1.82, 2.24) is 10.2 Å². The van der Waals surface area contributed by atoms with E-state index in [1.54, 1.807) is 0 Å². The monoisotopic (exact) mass is 266 g/mol. The molecule has 0 amide bonds. The van der Waals surface area contributed by atoms with Gasteiger partial charge in [-0.3, -0.25) is 4.90 Å². The van der Waals surface area contributed by atoms with Gasteiger partial charge in [0.15, 0.2) is 0 Å². The Morgan fingerprint density at radius 2 is 2.05 bits per heavy atom. The lowest BCUT2D eigenvalue weighted by Gasteiger charge is -2.34. The fraction of sp³-hybridized carbons (Fsp3) is 1.00. The van der Waals surface area contributed by atoms with Crippen LogP contribution in [0.5, 0.6) is 0 Å². The second-order valence-corrected chi connectivity index (χ2v) is 7.30. The summed E-state index contributed by atoms with van der Waals surface area (Å²) in [5, 5.41) is 3.76. The second-order valence-electron chi connectivity index (χ2n) is 7.30. The molecule has 2 fully saturated rings. The Morgan fingerprint density at radius 1 is 1.26 bits per heavy atom. The number of hydrogen-bond acceptors (Lipinski definition) is 2. The zero-order valence-corrected chi connectivity index (χ0v) is 13.5. The quantitative estimate of drug-likeness (QED) is 0.837. The van der Waals surface area contributed by atoms with Crippen LogP contribution in [-0.4, -0.2) is 36.6 Å². The molecule has 112 valence electrons. The molecule has 2 heteroatoms. The molecule has 1 N–H and O–H groups in total. The van der Waals surface area contributed by atoms with Crippen molar-refractivity contribution >= 4 is 0 Å². The Labute approximate surface area is 120 Å². The molecule has 4 unspecified atom stereocenters. The van der Waals surface area contributed by atoms with Crippen molar-refractivity contribution in [2.75, 3.05) is 19.6 Å². The van der Waals surface area contributed by atoms with E-state index in [1.807, 2.05) is 0 Å². The van der Waals surface area contributed by atoms with E-state index < -0.39 is 0 Å². The highest BCUT2D eigenvalue weighted by molar-refractivity contribution is 4.91. The van der Waals surface area contributed by atoms with Gasteiger partial charge in [0.05, 0.1) is 0 Å². The summed E-state index contributed by atoms with van der Waals surface area (Å²) >= 11 is 0. The van der Waals surface area contributed by atoms with Crippen LogP contribution in [0.4, 0.5) is 0 Å². The van der Waals surface area contributed by atoms with Gasteiger partial charge in [-0.05, 0) is 56.5 Å². The van der Waals surface area contributed by atoms with Crippen molar-refractivity contribution in [2.45, 2.75) is 71.9 Å². The normalized spacial score (nSPS) is 37.7. The summed E-state index contributed by atoms with van der Waals surface area (Å²) in [4.78, 5) is 2.83. The maximum absolute atomic E-state index is 3.76. The van der Waals surface area contributed by atoms with Gasteiger partial charge in [0, 0.05) is 18.6 Å². The van der Waals surface area contributed by atoms with E-state index in [0.717, 1.165) is 29.8 Å². The molecule has 1 aliphatic heterocycles. The highest BCUT2D eigenvalue weighted by atomic mass is 15.2. The van der Waals surface area contributed by atoms with Gasteiger partial charge in [0.1, 0.15) is 0 Å². The molecular formula is C17H34N2. The zero-order valence-electron chi connectivity index (χ0n) is 13.5. The van der Waals surface area contributed by atoms with Gasteiger partial charge in [-0.25, -0.2) is 0 Å². The fourth-order valence-electron chi connectivity index (χ4n) is 4.37. The summed E-state index contributed by atoms with van der Waals surface area (Å²) in [6.45, 7) is 13.4. The largest absolute Gasteiger partial charge is 0.313 e. The minimum atomic E-state index is 0.718. The minimum absolute atomic E-state index is 0.718. The van der Waals surface area contributed by atoms with E-state index in [2.05, 4.69) is 37.9 Å². The van der Waals surface area contributed by atoms with Crippen LogP contribution >= 0.6 is 0 Å². The van der Waals surface area contributed by atoms with Gasteiger partial charge in [-0.15, -0.1) is 0 Å². The van der Waals surface area contributed by atoms with Crippen LogP contribution in [-0.2, 0) is 0 Å². The van der Waals surface area contributed by atoms with Crippen LogP contribution in [0.3, 0.4) is 0 Å². The van der Waals surface area contributed by atoms with Gasteiger partial charge in [0.2, 0.25) is 0 Å². The topological polar surface area (TPSA) is 15.3 Å². The lowest BCUT2D eigenvalue weighted by Crippen LogP contribution is -2.44. The van der Waals surface area contributed by atoms with Crippen LogP contribution in [0.2, 0.25) is 0 Å². The first kappa shape index (κ1) is 15.3. The van der Waals surface area contributed by atoms with Gasteiger partial charge in [-0.1, -0.05) is 34.1 Å². The summed E-state index contributed by atoms with van der Waals surface area (Å²) in [5.74, 6) is 2.69. The van der Waals surface area contributed by atoms with E-state index in [1.165, 1.54) is 51.7 Å². The Morgan fingerprint density at radius 3 is 2.68 bits per heavy atom. The van der Waals surface area contributed by atoms with Crippen LogP contribution in [0.25, 0.3) is 0 Å². The number of rotatable bonds is 4. The molecule has 0 spiro atoms. The molecule has 1 saturated heterocycles. The molecule has 1 aliphatic carbocycles. The van der Waals surface area contributed by atoms with Crippen LogP contribution in [0.1, 0.15) is 59.8 Å². The van der Waals surface area contributed by atoms with E-state index >= 15 is 0 Å². The zero-order chi connectivity index (χ0) is 13.8. The maximum atomic E-state index is 3.76. The lowest BCUT2D eigenvalue weighted by molar-refractivity contribution is 0.147. The Bertz CT molecular complexity index is 264. The highest BCUT2D eigenvalue weighted by Crippen LogP contribution is 2.37. The maximum Gasteiger partial charge on any atom is 0.0197 e. The van der Waals surface area contributed by atoms with Gasteiger partial charge in [0.25, 0.3) is 0 Å². The first-order valence-corrected chi connectivity index (χ1v) is 8.59. The van der Waals surface area contributed by atoms with Gasteiger partial charge < -0.3 is 5.32 Å². The van der Waals surface area contributed by atoms with Gasteiger partial charge >= 0.3 is 0 Å². The summed E-state index contributed by atoms with van der Waals surface area (Å²) in [7, 11) is 0. The van der Waals surface area contributed by atoms with Gasteiger partial charge in [-0.2, -0.15) is 0 Å². The lowest BCUT2D eigenvalue weighted by atomic mass is 9.92. The molecule has 1 heterocycles. The fourth-order valence-corrected chi connectivity index (χ4v) is 4.37. The number of nitrogens with one attached hydrogen (secondary N) is 1. The van der Waals surface area contributed by atoms with Crippen LogP contribution in [0, 0.1) is 17.8 Å². The number of hydrogen-bond donors (Lipinski definition) is 1. The molecule has 2 rings (SSSR count). The molecule has 1 saturated carbocycles. The molecule has 2 aliphatic rings. The first-order chi connectivity index (χ1) is 9.11. The van der Waals surface area contributed by atoms with Crippen molar-refractivity contribution < 1.29 is 0 Å². The molecule has 0 radical (unpaired) electrons. The molecule has 19 heavy (non-hydrogen) atoms. The predicted octanol–water partition coefficient (Wildman–Crippen LogP) is 3.52. The second kappa shape index (κ2) is 7.08. The average molecular weight is 266 g/mol. The smallest absolute Gasteiger partial charge is 0.0197 e. The third kappa shape index (κ3) is 3.95. The third-order valence-corrected chi connectivity index (χ3v) is 5.44. The van der Waals surface area contributed by atoms with Crippen molar-refractivity contribution in [1.29, 1.82) is 0 Å². The summed E-state index contributed by atoms with van der Waals surface area (Å²) in [5.41, 5.74) is 0. The molecule has 0 aromatic heterocycles. The average Bonchev–Trinajstić information content (AvgIpc) is 2.58. The van der Waals surface area contributed by atoms with E-state index in [-0.39, 0.29) is 0 Å². The van der Waals surface area contributed by atoms with Crippen molar-refractivity contribution in [3.8, 4) is 0 Å². The molecular weight excluding hydrogens is 232 g/mol. The summed E-state index contributed by atoms with van der Waals surface area (Å²) < 4.78 is 0. The van der Waals surface area contributed by atoms with Crippen molar-refractivity contribution in [3.05, 3.63) is 0 Å². The van der Waals surface area contributed by atoms with E-state index in [0.29, 0.717) is 0 Å². The molecule has 4 atom stereocenters. The van der Waals surface area contributed by atoms with Crippen LogP contribution in [0.15, 0.2) is 0 Å². The molecule has 0 aromatic carbocycles. The Kier molecular flexibility index (Phi) is 5.70. The molecule has 0 bridgehead atoms. The molecule has 2 nitrogen and oxygen atoms in total. The first-order valence-electron chi connectivity index (χ1n) is 8.59. The summed E-state index contributed by atoms with van der Waals surface area (Å²) in [6.07, 6.45) is 6.93. The third-order valence-electron chi connectivity index (χ3n) is 5.44. The Hall–Kier alpha value is -0.0800. The van der Waals surface area contributed by atoms with E-state index in [4.69, 9.17) is 0 Å². The minimum Gasteiger partial charge on any atom is -0.313 e. The number of nitrogens with zero attached hydrogens (tertiary/aromatic N) is 1. The summed E-state index contributed by atoms with van der Waals surface area (Å²) in [6, 6.07) is 1.58. The van der Waals surface area contributed by atoms with Crippen LogP contribution < -0.4 is 5.32 Å². The molecule has 0 aromatic rings. The van der Waals surface area contributed by atoms with Crippen molar-refractivity contribution in [2.24, 2.45) is 17.8 Å². The van der Waals surface area contributed by atoms with E-state index in [9.17, 15) is 0 Å². The van der Waals surface area contributed by atoms with Crippen molar-refractivity contribution in [3.63, 3.8) is 0 Å². The SMILES string of the molecule is CCC1CCC(N2CCCNC(CC(C)C)C2)C1C.